The summed E-state index contributed by atoms with van der Waals surface area (Å²) in [5.74, 6) is 0.449. The number of anilines is 1. The highest BCUT2D eigenvalue weighted by Gasteiger charge is 2.27. The number of urea groups is 1. The maximum absolute atomic E-state index is 12.5. The number of carbonyl (C=O) groups is 1. The van der Waals surface area contributed by atoms with Crippen molar-refractivity contribution in [3.8, 4) is 11.6 Å². The van der Waals surface area contributed by atoms with E-state index in [1.807, 2.05) is 0 Å². The summed E-state index contributed by atoms with van der Waals surface area (Å²) in [4.78, 5) is 18.4. The fraction of sp³-hybridized carbons (Fsp3) is 0.188. The maximum atomic E-state index is 12.5. The van der Waals surface area contributed by atoms with E-state index in [0.717, 1.165) is 11.3 Å². The van der Waals surface area contributed by atoms with Gasteiger partial charge in [-0.3, -0.25) is 5.10 Å². The fourth-order valence-corrected chi connectivity index (χ4v) is 2.94. The molecule has 1 aliphatic rings. The predicted molar refractivity (Wildman–Crippen MR) is 88.7 cm³/mol. The van der Waals surface area contributed by atoms with Gasteiger partial charge in [-0.2, -0.15) is 5.10 Å². The van der Waals surface area contributed by atoms with E-state index in [4.69, 9.17) is 16.0 Å². The maximum Gasteiger partial charge on any atom is 0.322 e. The average Bonchev–Trinajstić information content (AvgIpc) is 3.23. The molecular weight excluding hydrogens is 330 g/mol. The van der Waals surface area contributed by atoms with E-state index in [9.17, 15) is 4.79 Å². The second-order valence-electron chi connectivity index (χ2n) is 5.48. The lowest BCUT2D eigenvalue weighted by Crippen LogP contribution is -2.38. The summed E-state index contributed by atoms with van der Waals surface area (Å²) >= 11 is 5.95. The highest BCUT2D eigenvalue weighted by Crippen LogP contribution is 2.27. The highest BCUT2D eigenvalue weighted by molar-refractivity contribution is 6.30. The van der Waals surface area contributed by atoms with Crippen molar-refractivity contribution in [1.29, 1.82) is 0 Å². The highest BCUT2D eigenvalue weighted by atomic mass is 35.5. The third kappa shape index (κ3) is 2.74. The quantitative estimate of drug-likeness (QED) is 0.747. The minimum absolute atomic E-state index is 0.178. The van der Waals surface area contributed by atoms with Gasteiger partial charge in [-0.25, -0.2) is 9.78 Å². The van der Waals surface area contributed by atoms with Gasteiger partial charge in [-0.1, -0.05) is 17.7 Å². The van der Waals surface area contributed by atoms with Crippen molar-refractivity contribution in [2.24, 2.45) is 0 Å². The van der Waals surface area contributed by atoms with Crippen molar-refractivity contribution in [2.75, 3.05) is 11.9 Å². The Balaban J connectivity index is 1.53. The van der Waals surface area contributed by atoms with E-state index >= 15 is 0 Å². The van der Waals surface area contributed by atoms with Crippen LogP contribution in [-0.2, 0) is 13.0 Å². The van der Waals surface area contributed by atoms with Gasteiger partial charge in [-0.05, 0) is 18.2 Å². The second kappa shape index (κ2) is 6.01. The molecule has 1 aromatic carbocycles. The SMILES string of the molecule is O=C(Nc1cccc(Cl)c1)N1CCc2[nH]nc(-c3ncco3)c2C1. The van der Waals surface area contributed by atoms with Gasteiger partial charge >= 0.3 is 6.03 Å². The lowest BCUT2D eigenvalue weighted by Gasteiger charge is -2.27. The molecule has 8 heteroatoms. The molecule has 0 spiro atoms. The normalized spacial score (nSPS) is 13.6. The summed E-state index contributed by atoms with van der Waals surface area (Å²) in [7, 11) is 0. The summed E-state index contributed by atoms with van der Waals surface area (Å²) in [5.41, 5.74) is 3.26. The molecule has 0 atom stereocenters. The molecule has 122 valence electrons. The van der Waals surface area contributed by atoms with E-state index in [1.54, 1.807) is 35.4 Å². The molecule has 3 aromatic rings. The van der Waals surface area contributed by atoms with Crippen molar-refractivity contribution in [1.82, 2.24) is 20.1 Å². The zero-order valence-corrected chi connectivity index (χ0v) is 13.4. The molecule has 2 amide bonds. The molecule has 7 nitrogen and oxygen atoms in total. The number of rotatable bonds is 2. The number of aromatic nitrogens is 3. The molecule has 0 saturated heterocycles. The number of hydrogen-bond acceptors (Lipinski definition) is 4. The zero-order valence-electron chi connectivity index (χ0n) is 12.6. The number of benzene rings is 1. The molecule has 0 bridgehead atoms. The van der Waals surface area contributed by atoms with E-state index in [1.165, 1.54) is 6.26 Å². The number of oxazole rings is 1. The lowest BCUT2D eigenvalue weighted by molar-refractivity contribution is 0.206. The van der Waals surface area contributed by atoms with E-state index in [-0.39, 0.29) is 6.03 Å². The first kappa shape index (κ1) is 14.8. The van der Waals surface area contributed by atoms with Crippen molar-refractivity contribution in [3.05, 3.63) is 53.0 Å². The van der Waals surface area contributed by atoms with Gasteiger partial charge in [0.2, 0.25) is 5.89 Å². The van der Waals surface area contributed by atoms with Gasteiger partial charge < -0.3 is 14.6 Å². The molecule has 0 unspecified atom stereocenters. The van der Waals surface area contributed by atoms with E-state index < -0.39 is 0 Å². The second-order valence-corrected chi connectivity index (χ2v) is 5.92. The zero-order chi connectivity index (χ0) is 16.5. The van der Waals surface area contributed by atoms with Crippen LogP contribution in [0.1, 0.15) is 11.3 Å². The van der Waals surface area contributed by atoms with Gasteiger partial charge in [0.25, 0.3) is 0 Å². The minimum atomic E-state index is -0.178. The van der Waals surface area contributed by atoms with Crippen LogP contribution < -0.4 is 5.32 Å². The number of hydrogen-bond donors (Lipinski definition) is 2. The van der Waals surface area contributed by atoms with Crippen molar-refractivity contribution >= 4 is 23.3 Å². The first-order valence-electron chi connectivity index (χ1n) is 7.48. The Morgan fingerprint density at radius 2 is 2.33 bits per heavy atom. The Labute approximate surface area is 142 Å². The number of carbonyl (C=O) groups excluding carboxylic acids is 1. The standard InChI is InChI=1S/C16H14ClN5O2/c17-10-2-1-3-11(8-10)19-16(23)22-6-4-13-12(9-22)14(21-20-13)15-18-5-7-24-15/h1-3,5,7-8H,4,6,9H2,(H,19,23)(H,20,21). The van der Waals surface area contributed by atoms with Crippen molar-refractivity contribution in [3.63, 3.8) is 0 Å². The Morgan fingerprint density at radius 1 is 1.42 bits per heavy atom. The molecule has 2 N–H and O–H groups in total. The van der Waals surface area contributed by atoms with Crippen molar-refractivity contribution in [2.45, 2.75) is 13.0 Å². The lowest BCUT2D eigenvalue weighted by atomic mass is 10.1. The largest absolute Gasteiger partial charge is 0.443 e. The van der Waals surface area contributed by atoms with Gasteiger partial charge in [-0.15, -0.1) is 0 Å². The van der Waals surface area contributed by atoms with Gasteiger partial charge in [0.05, 0.1) is 12.7 Å². The molecular formula is C16H14ClN5O2. The molecule has 0 aliphatic carbocycles. The fourth-order valence-electron chi connectivity index (χ4n) is 2.75. The van der Waals surface area contributed by atoms with Crippen LogP contribution in [0.2, 0.25) is 5.02 Å². The van der Waals surface area contributed by atoms with Crippen LogP contribution >= 0.6 is 11.6 Å². The Morgan fingerprint density at radius 3 is 3.12 bits per heavy atom. The van der Waals surface area contributed by atoms with Crippen LogP contribution in [0.3, 0.4) is 0 Å². The first-order chi connectivity index (χ1) is 11.7. The number of nitrogens with zero attached hydrogens (tertiary/aromatic N) is 3. The molecule has 1 aliphatic heterocycles. The Kier molecular flexibility index (Phi) is 3.70. The molecule has 0 radical (unpaired) electrons. The number of halogens is 1. The average molecular weight is 344 g/mol. The Bertz CT molecular complexity index is 874. The van der Waals surface area contributed by atoms with E-state index in [0.29, 0.717) is 41.8 Å². The van der Waals surface area contributed by atoms with Gasteiger partial charge in [0.1, 0.15) is 6.26 Å². The summed E-state index contributed by atoms with van der Waals surface area (Å²) in [6.07, 6.45) is 3.78. The van der Waals surface area contributed by atoms with E-state index in [2.05, 4.69) is 20.5 Å². The molecule has 4 rings (SSSR count). The molecule has 3 heterocycles. The summed E-state index contributed by atoms with van der Waals surface area (Å²) in [5, 5.41) is 10.7. The summed E-state index contributed by atoms with van der Waals surface area (Å²) < 4.78 is 5.32. The van der Waals surface area contributed by atoms with Gasteiger partial charge in [0.15, 0.2) is 5.69 Å². The molecule has 2 aromatic heterocycles. The minimum Gasteiger partial charge on any atom is -0.443 e. The molecule has 0 saturated carbocycles. The number of H-pyrrole nitrogens is 1. The predicted octanol–water partition coefficient (Wildman–Crippen LogP) is 3.31. The topological polar surface area (TPSA) is 87.0 Å². The van der Waals surface area contributed by atoms with Crippen LogP contribution in [0.4, 0.5) is 10.5 Å². The number of amides is 2. The van der Waals surface area contributed by atoms with Crippen LogP contribution in [0.5, 0.6) is 0 Å². The smallest absolute Gasteiger partial charge is 0.322 e. The van der Waals surface area contributed by atoms with Crippen LogP contribution in [0, 0.1) is 0 Å². The number of aromatic amines is 1. The molecule has 0 fully saturated rings. The third-order valence-electron chi connectivity index (χ3n) is 3.93. The van der Waals surface area contributed by atoms with Crippen molar-refractivity contribution < 1.29 is 9.21 Å². The van der Waals surface area contributed by atoms with Crippen LogP contribution in [0.15, 0.2) is 41.1 Å². The first-order valence-corrected chi connectivity index (χ1v) is 7.86. The van der Waals surface area contributed by atoms with Crippen LogP contribution in [0.25, 0.3) is 11.6 Å². The molecule has 24 heavy (non-hydrogen) atoms. The Hall–Kier alpha value is -2.80. The van der Waals surface area contributed by atoms with Crippen LogP contribution in [-0.4, -0.2) is 32.7 Å². The third-order valence-corrected chi connectivity index (χ3v) is 4.17. The number of nitrogens with one attached hydrogen (secondary N) is 2. The summed E-state index contributed by atoms with van der Waals surface area (Å²) in [6.45, 7) is 1.04. The van der Waals surface area contributed by atoms with Gasteiger partial charge in [0, 0.05) is 34.9 Å². The summed E-state index contributed by atoms with van der Waals surface area (Å²) in [6, 6.07) is 6.89. The monoisotopic (exact) mass is 343 g/mol. The number of fused-ring (bicyclic) bond motifs is 1.